The molecule has 0 amide bonds. The Balaban J connectivity index is 1.79. The van der Waals surface area contributed by atoms with Gasteiger partial charge in [-0.25, -0.2) is 4.98 Å². The standard InChI is InChI=1S/C17H19N5/c1-12(2)17-15(11-21-22-17)14-5-8-19-16(9-14)20-10-13-3-6-18-7-4-13/h3-9,11-12H,10H2,1-2H3,(H,19,20)(H,21,22). The summed E-state index contributed by atoms with van der Waals surface area (Å²) in [5.41, 5.74) is 4.56. The Morgan fingerprint density at radius 2 is 1.95 bits per heavy atom. The van der Waals surface area contributed by atoms with E-state index in [9.17, 15) is 0 Å². The van der Waals surface area contributed by atoms with Gasteiger partial charge < -0.3 is 5.32 Å². The van der Waals surface area contributed by atoms with Crippen LogP contribution in [0.25, 0.3) is 11.1 Å². The molecular weight excluding hydrogens is 274 g/mol. The fourth-order valence-corrected chi connectivity index (χ4v) is 2.35. The van der Waals surface area contributed by atoms with E-state index in [1.165, 1.54) is 5.56 Å². The van der Waals surface area contributed by atoms with Gasteiger partial charge in [0.15, 0.2) is 0 Å². The van der Waals surface area contributed by atoms with E-state index < -0.39 is 0 Å². The molecule has 3 aromatic rings. The van der Waals surface area contributed by atoms with Gasteiger partial charge in [-0.05, 0) is 41.3 Å². The largest absolute Gasteiger partial charge is 0.366 e. The van der Waals surface area contributed by atoms with E-state index in [4.69, 9.17) is 0 Å². The molecule has 0 unspecified atom stereocenters. The summed E-state index contributed by atoms with van der Waals surface area (Å²) < 4.78 is 0. The summed E-state index contributed by atoms with van der Waals surface area (Å²) in [7, 11) is 0. The van der Waals surface area contributed by atoms with Gasteiger partial charge in [0.1, 0.15) is 5.82 Å². The average molecular weight is 293 g/mol. The van der Waals surface area contributed by atoms with E-state index in [1.54, 1.807) is 12.4 Å². The first-order valence-electron chi connectivity index (χ1n) is 7.36. The third-order valence-corrected chi connectivity index (χ3v) is 3.54. The number of rotatable bonds is 5. The lowest BCUT2D eigenvalue weighted by Crippen LogP contribution is -2.01. The highest BCUT2D eigenvalue weighted by molar-refractivity contribution is 5.68. The quantitative estimate of drug-likeness (QED) is 0.754. The number of nitrogens with zero attached hydrogens (tertiary/aromatic N) is 3. The summed E-state index contributed by atoms with van der Waals surface area (Å²) >= 11 is 0. The van der Waals surface area contributed by atoms with Gasteiger partial charge in [0.05, 0.1) is 6.20 Å². The molecule has 3 rings (SSSR count). The van der Waals surface area contributed by atoms with Crippen LogP contribution in [-0.2, 0) is 6.54 Å². The van der Waals surface area contributed by atoms with Crippen LogP contribution in [0.3, 0.4) is 0 Å². The lowest BCUT2D eigenvalue weighted by Gasteiger charge is -2.09. The minimum atomic E-state index is 0.402. The van der Waals surface area contributed by atoms with Crippen molar-refractivity contribution in [1.29, 1.82) is 0 Å². The van der Waals surface area contributed by atoms with Gasteiger partial charge in [-0.1, -0.05) is 13.8 Å². The molecule has 0 radical (unpaired) electrons. The Bertz CT molecular complexity index is 734. The second kappa shape index (κ2) is 6.39. The van der Waals surface area contributed by atoms with Crippen molar-refractivity contribution in [3.8, 4) is 11.1 Å². The molecule has 0 saturated heterocycles. The van der Waals surface area contributed by atoms with Crippen molar-refractivity contribution < 1.29 is 0 Å². The zero-order valence-electron chi connectivity index (χ0n) is 12.7. The normalized spacial score (nSPS) is 10.9. The van der Waals surface area contributed by atoms with Crippen LogP contribution in [0, 0.1) is 0 Å². The molecular formula is C17H19N5. The molecule has 5 nitrogen and oxygen atoms in total. The van der Waals surface area contributed by atoms with E-state index in [1.807, 2.05) is 30.6 Å². The van der Waals surface area contributed by atoms with Crippen molar-refractivity contribution in [3.05, 3.63) is 60.3 Å². The van der Waals surface area contributed by atoms with Gasteiger partial charge in [-0.2, -0.15) is 5.10 Å². The fraction of sp³-hybridized carbons (Fsp3) is 0.235. The van der Waals surface area contributed by atoms with Crippen LogP contribution in [0.2, 0.25) is 0 Å². The van der Waals surface area contributed by atoms with Gasteiger partial charge in [0.2, 0.25) is 0 Å². The Labute approximate surface area is 129 Å². The highest BCUT2D eigenvalue weighted by Gasteiger charge is 2.11. The van der Waals surface area contributed by atoms with Crippen LogP contribution in [-0.4, -0.2) is 20.2 Å². The summed E-state index contributed by atoms with van der Waals surface area (Å²) in [5.74, 6) is 1.25. The maximum atomic E-state index is 4.38. The van der Waals surface area contributed by atoms with Gasteiger partial charge in [-0.3, -0.25) is 10.1 Å². The van der Waals surface area contributed by atoms with Crippen LogP contribution in [0.1, 0.15) is 31.0 Å². The monoisotopic (exact) mass is 293 g/mol. The molecule has 3 aromatic heterocycles. The smallest absolute Gasteiger partial charge is 0.126 e. The number of hydrogen-bond donors (Lipinski definition) is 2. The number of nitrogens with one attached hydrogen (secondary N) is 2. The number of aromatic nitrogens is 4. The predicted octanol–water partition coefficient (Wildman–Crippen LogP) is 3.60. The van der Waals surface area contributed by atoms with Crippen molar-refractivity contribution in [1.82, 2.24) is 20.2 Å². The molecule has 0 aliphatic rings. The Hall–Kier alpha value is -2.69. The molecule has 2 N–H and O–H groups in total. The lowest BCUT2D eigenvalue weighted by atomic mass is 10.0. The minimum absolute atomic E-state index is 0.402. The fourth-order valence-electron chi connectivity index (χ4n) is 2.35. The van der Waals surface area contributed by atoms with Gasteiger partial charge in [-0.15, -0.1) is 0 Å². The van der Waals surface area contributed by atoms with Gasteiger partial charge in [0.25, 0.3) is 0 Å². The number of pyridine rings is 2. The zero-order chi connectivity index (χ0) is 15.4. The molecule has 0 aliphatic carbocycles. The maximum Gasteiger partial charge on any atom is 0.126 e. The summed E-state index contributed by atoms with van der Waals surface area (Å²) in [6.45, 7) is 5.03. The average Bonchev–Trinajstić information content (AvgIpc) is 3.04. The summed E-state index contributed by atoms with van der Waals surface area (Å²) in [5, 5.41) is 10.6. The molecule has 0 bridgehead atoms. The van der Waals surface area contributed by atoms with Crippen molar-refractivity contribution in [3.63, 3.8) is 0 Å². The first-order chi connectivity index (χ1) is 10.7. The second-order valence-electron chi connectivity index (χ2n) is 5.49. The highest BCUT2D eigenvalue weighted by atomic mass is 15.1. The Morgan fingerprint density at radius 3 is 2.73 bits per heavy atom. The summed E-state index contributed by atoms with van der Waals surface area (Å²) in [6.07, 6.45) is 7.28. The van der Waals surface area contributed by atoms with Crippen molar-refractivity contribution in [2.45, 2.75) is 26.3 Å². The number of H-pyrrole nitrogens is 1. The van der Waals surface area contributed by atoms with Crippen LogP contribution in [0.5, 0.6) is 0 Å². The molecule has 112 valence electrons. The first kappa shape index (κ1) is 14.3. The van der Waals surface area contributed by atoms with E-state index in [2.05, 4.69) is 45.4 Å². The third-order valence-electron chi connectivity index (χ3n) is 3.54. The SMILES string of the molecule is CC(C)c1[nH]ncc1-c1ccnc(NCc2ccncc2)c1. The Morgan fingerprint density at radius 1 is 1.14 bits per heavy atom. The Kier molecular flexibility index (Phi) is 4.14. The third kappa shape index (κ3) is 3.14. The molecule has 3 heterocycles. The molecule has 0 fully saturated rings. The van der Waals surface area contributed by atoms with Crippen molar-refractivity contribution in [2.24, 2.45) is 0 Å². The highest BCUT2D eigenvalue weighted by Crippen LogP contribution is 2.28. The number of hydrogen-bond acceptors (Lipinski definition) is 4. The molecule has 0 atom stereocenters. The summed E-state index contributed by atoms with van der Waals surface area (Å²) in [4.78, 5) is 8.40. The second-order valence-corrected chi connectivity index (χ2v) is 5.49. The van der Waals surface area contributed by atoms with Gasteiger partial charge in [0, 0.05) is 36.4 Å². The van der Waals surface area contributed by atoms with Crippen LogP contribution in [0.15, 0.2) is 49.1 Å². The van der Waals surface area contributed by atoms with Gasteiger partial charge >= 0.3 is 0 Å². The topological polar surface area (TPSA) is 66.5 Å². The first-order valence-corrected chi connectivity index (χ1v) is 7.36. The molecule has 0 spiro atoms. The van der Waals surface area contributed by atoms with E-state index in [0.29, 0.717) is 5.92 Å². The van der Waals surface area contributed by atoms with E-state index in [0.717, 1.165) is 29.2 Å². The van der Waals surface area contributed by atoms with Crippen molar-refractivity contribution in [2.75, 3.05) is 5.32 Å². The van der Waals surface area contributed by atoms with E-state index in [-0.39, 0.29) is 0 Å². The summed E-state index contributed by atoms with van der Waals surface area (Å²) in [6, 6.07) is 8.04. The number of anilines is 1. The maximum absolute atomic E-state index is 4.38. The van der Waals surface area contributed by atoms with Crippen LogP contribution < -0.4 is 5.32 Å². The molecule has 22 heavy (non-hydrogen) atoms. The molecule has 5 heteroatoms. The van der Waals surface area contributed by atoms with Crippen LogP contribution >= 0.6 is 0 Å². The van der Waals surface area contributed by atoms with E-state index >= 15 is 0 Å². The number of aromatic amines is 1. The predicted molar refractivity (Wildman–Crippen MR) is 87.5 cm³/mol. The minimum Gasteiger partial charge on any atom is -0.366 e. The lowest BCUT2D eigenvalue weighted by molar-refractivity contribution is 0.812. The molecule has 0 aromatic carbocycles. The molecule has 0 saturated carbocycles. The van der Waals surface area contributed by atoms with Crippen molar-refractivity contribution >= 4 is 5.82 Å². The zero-order valence-corrected chi connectivity index (χ0v) is 12.7. The molecule has 0 aliphatic heterocycles. The van der Waals surface area contributed by atoms with Crippen LogP contribution in [0.4, 0.5) is 5.82 Å².